The van der Waals surface area contributed by atoms with E-state index in [9.17, 15) is 14.4 Å². The molecule has 0 aliphatic rings. The summed E-state index contributed by atoms with van der Waals surface area (Å²) in [6.45, 7) is 2.25. The number of ether oxygens (including phenoxy) is 1. The average Bonchev–Trinajstić information content (AvgIpc) is 2.44. The molecule has 0 saturated heterocycles. The van der Waals surface area contributed by atoms with E-state index in [1.165, 1.54) is 0 Å². The van der Waals surface area contributed by atoms with E-state index in [-0.39, 0.29) is 19.8 Å². The number of rotatable bonds is 12. The molecule has 0 aliphatic carbocycles. The molecule has 5 N–H and O–H groups in total. The molecule has 0 saturated carbocycles. The molecule has 0 atom stereocenters. The van der Waals surface area contributed by atoms with Crippen LogP contribution in [0.3, 0.4) is 0 Å². The highest BCUT2D eigenvalue weighted by molar-refractivity contribution is 5.88. The average molecular weight is 338 g/mol. The predicted molar refractivity (Wildman–Crippen MR) is 79.1 cm³/mol. The van der Waals surface area contributed by atoms with Gasteiger partial charge in [0.15, 0.2) is 5.60 Å². The van der Waals surface area contributed by atoms with Crippen LogP contribution in [0.1, 0.15) is 45.4 Å². The van der Waals surface area contributed by atoms with Crippen LogP contribution in [-0.2, 0) is 19.1 Å². The Kier molecular flexibility index (Phi) is 14.3. The van der Waals surface area contributed by atoms with Crippen molar-refractivity contribution in [3.63, 3.8) is 0 Å². The van der Waals surface area contributed by atoms with E-state index >= 15 is 0 Å². The van der Waals surface area contributed by atoms with Crippen molar-refractivity contribution in [2.75, 3.05) is 19.8 Å². The monoisotopic (exact) mass is 338 g/mol. The molecule has 0 aromatic rings. The first-order valence-corrected chi connectivity index (χ1v) is 7.28. The van der Waals surface area contributed by atoms with Crippen LogP contribution in [0, 0.1) is 0 Å². The van der Waals surface area contributed by atoms with Gasteiger partial charge < -0.3 is 30.3 Å². The summed E-state index contributed by atoms with van der Waals surface area (Å²) in [5, 5.41) is 42.4. The topological polar surface area (TPSA) is 162 Å². The first-order valence-electron chi connectivity index (χ1n) is 7.28. The molecule has 9 nitrogen and oxygen atoms in total. The minimum atomic E-state index is -2.19. The Labute approximate surface area is 134 Å². The van der Waals surface area contributed by atoms with Gasteiger partial charge in [-0.25, -0.2) is 4.79 Å². The number of carbonyl (C=O) groups is 3. The van der Waals surface area contributed by atoms with Gasteiger partial charge in [0.2, 0.25) is 0 Å². The summed E-state index contributed by atoms with van der Waals surface area (Å²) >= 11 is 0. The zero-order valence-electron chi connectivity index (χ0n) is 13.2. The number of aliphatic hydroxyl groups is 2. The van der Waals surface area contributed by atoms with Gasteiger partial charge in [-0.2, -0.15) is 0 Å². The molecule has 23 heavy (non-hydrogen) atoms. The fourth-order valence-corrected chi connectivity index (χ4v) is 1.50. The Bertz CT molecular complexity index is 334. The molecule has 0 heterocycles. The molecular weight excluding hydrogens is 312 g/mol. The van der Waals surface area contributed by atoms with E-state index < -0.39 is 36.4 Å². The van der Waals surface area contributed by atoms with Crippen molar-refractivity contribution in [3.8, 4) is 0 Å². The van der Waals surface area contributed by atoms with Gasteiger partial charge >= 0.3 is 17.9 Å². The summed E-state index contributed by atoms with van der Waals surface area (Å²) in [4.78, 5) is 32.2. The Hall–Kier alpha value is -1.71. The van der Waals surface area contributed by atoms with E-state index in [2.05, 4.69) is 0 Å². The lowest BCUT2D eigenvalue weighted by Crippen LogP contribution is -2.45. The molecule has 0 radical (unpaired) electrons. The lowest BCUT2D eigenvalue weighted by molar-refractivity contribution is -0.178. The van der Waals surface area contributed by atoms with E-state index in [0.29, 0.717) is 6.42 Å². The lowest BCUT2D eigenvalue weighted by atomic mass is 9.95. The molecule has 9 heteroatoms. The van der Waals surface area contributed by atoms with Crippen molar-refractivity contribution >= 4 is 17.9 Å². The van der Waals surface area contributed by atoms with E-state index in [0.717, 1.165) is 19.3 Å². The zero-order chi connectivity index (χ0) is 18.3. The second-order valence-corrected chi connectivity index (χ2v) is 4.80. The quantitative estimate of drug-likeness (QED) is 0.315. The Morgan fingerprint density at radius 3 is 1.57 bits per heavy atom. The van der Waals surface area contributed by atoms with Crippen LogP contribution in [0.15, 0.2) is 0 Å². The lowest BCUT2D eigenvalue weighted by Gasteiger charge is -2.26. The van der Waals surface area contributed by atoms with Gasteiger partial charge in [0.1, 0.15) is 0 Å². The van der Waals surface area contributed by atoms with E-state index in [4.69, 9.17) is 30.3 Å². The second kappa shape index (κ2) is 13.9. The van der Waals surface area contributed by atoms with Gasteiger partial charge in [-0.1, -0.05) is 13.3 Å². The fraction of sp³-hybridized carbons (Fsp3) is 0.786. The second-order valence-electron chi connectivity index (χ2n) is 4.80. The summed E-state index contributed by atoms with van der Waals surface area (Å²) in [6, 6.07) is 0. The third kappa shape index (κ3) is 12.5. The molecule has 0 spiro atoms. The Morgan fingerprint density at radius 1 is 0.870 bits per heavy atom. The van der Waals surface area contributed by atoms with Crippen molar-refractivity contribution in [2.24, 2.45) is 0 Å². The maximum atomic E-state index is 11.0. The number of unbranched alkanes of at least 4 members (excludes halogenated alkanes) is 2. The minimum Gasteiger partial charge on any atom is -0.481 e. The predicted octanol–water partition coefficient (Wildman–Crippen LogP) is 0.327. The highest BCUT2D eigenvalue weighted by Crippen LogP contribution is 2.22. The van der Waals surface area contributed by atoms with E-state index in [1.807, 2.05) is 6.92 Å². The minimum absolute atomic E-state index is 0.0172. The van der Waals surface area contributed by atoms with E-state index in [1.54, 1.807) is 0 Å². The van der Waals surface area contributed by atoms with Crippen LogP contribution < -0.4 is 0 Å². The highest BCUT2D eigenvalue weighted by Gasteiger charge is 2.44. The fourth-order valence-electron chi connectivity index (χ4n) is 1.50. The van der Waals surface area contributed by atoms with Crippen molar-refractivity contribution in [1.82, 2.24) is 0 Å². The maximum Gasteiger partial charge on any atom is 0.337 e. The number of hydrogen-bond donors (Lipinski definition) is 5. The van der Waals surface area contributed by atoms with Crippen molar-refractivity contribution in [3.05, 3.63) is 0 Å². The summed E-state index contributed by atoms with van der Waals surface area (Å²) in [7, 11) is 0. The van der Waals surface area contributed by atoms with Crippen LogP contribution in [-0.4, -0.2) is 68.9 Å². The summed E-state index contributed by atoms with van der Waals surface area (Å²) in [5.74, 6) is -4.39. The van der Waals surface area contributed by atoms with Gasteiger partial charge in [-0.05, 0) is 19.3 Å². The molecule has 0 unspecified atom stereocenters. The first-order chi connectivity index (χ1) is 10.8. The zero-order valence-corrected chi connectivity index (χ0v) is 13.2. The van der Waals surface area contributed by atoms with Crippen LogP contribution in [0.4, 0.5) is 0 Å². The molecule has 136 valence electrons. The molecule has 0 bridgehead atoms. The van der Waals surface area contributed by atoms with Crippen LogP contribution in [0.5, 0.6) is 0 Å². The number of carboxylic acid groups (broad SMARTS) is 3. The Morgan fingerprint density at radius 2 is 1.30 bits per heavy atom. The summed E-state index contributed by atoms with van der Waals surface area (Å²) in [6.07, 6.45) is 0.952. The molecule has 0 amide bonds. The number of carboxylic acids is 3. The van der Waals surface area contributed by atoms with Gasteiger partial charge in [0.05, 0.1) is 12.8 Å². The SMILES string of the molecule is CCCCOC(CC(=O)O)(CC(=O)O)C(=O)O.OCCCCO. The summed E-state index contributed by atoms with van der Waals surface area (Å²) < 4.78 is 4.99. The van der Waals surface area contributed by atoms with Crippen LogP contribution in [0.25, 0.3) is 0 Å². The van der Waals surface area contributed by atoms with Crippen LogP contribution >= 0.6 is 0 Å². The molecule has 0 aromatic carbocycles. The molecular formula is C14H26O9. The van der Waals surface area contributed by atoms with Crippen molar-refractivity contribution in [2.45, 2.75) is 51.0 Å². The van der Waals surface area contributed by atoms with Crippen LogP contribution in [0.2, 0.25) is 0 Å². The smallest absolute Gasteiger partial charge is 0.337 e. The molecule has 0 rings (SSSR count). The van der Waals surface area contributed by atoms with Gasteiger partial charge in [-0.15, -0.1) is 0 Å². The van der Waals surface area contributed by atoms with Crippen molar-refractivity contribution < 1.29 is 44.7 Å². The normalized spacial score (nSPS) is 10.6. The largest absolute Gasteiger partial charge is 0.481 e. The van der Waals surface area contributed by atoms with Crippen molar-refractivity contribution in [1.29, 1.82) is 0 Å². The highest BCUT2D eigenvalue weighted by atomic mass is 16.5. The van der Waals surface area contributed by atoms with Gasteiger partial charge in [-0.3, -0.25) is 9.59 Å². The van der Waals surface area contributed by atoms with Gasteiger partial charge in [0.25, 0.3) is 0 Å². The molecule has 0 aromatic heterocycles. The number of aliphatic hydroxyl groups excluding tert-OH is 2. The third-order valence-electron chi connectivity index (χ3n) is 2.71. The third-order valence-corrected chi connectivity index (χ3v) is 2.71. The maximum absolute atomic E-state index is 11.0. The standard InChI is InChI=1S/C10H16O7.C4H10O2/c1-2-3-4-17-10(9(15)16,5-7(11)12)6-8(13)14;5-3-1-2-4-6/h2-6H2,1H3,(H,11,12)(H,13,14)(H,15,16);5-6H,1-4H2. The summed E-state index contributed by atoms with van der Waals surface area (Å²) in [5.41, 5.74) is -2.19. The molecule has 0 fully saturated rings. The Balaban J connectivity index is 0. The number of aliphatic carboxylic acids is 3. The van der Waals surface area contributed by atoms with Gasteiger partial charge in [0, 0.05) is 19.8 Å². The first kappa shape index (κ1) is 23.6. The number of hydrogen-bond acceptors (Lipinski definition) is 6. The molecule has 0 aliphatic heterocycles.